The molecular formula is C16H25N3O2. The fourth-order valence-electron chi connectivity index (χ4n) is 2.85. The van der Waals surface area contributed by atoms with E-state index in [1.54, 1.807) is 12.1 Å². The van der Waals surface area contributed by atoms with Gasteiger partial charge in [0.05, 0.1) is 0 Å². The van der Waals surface area contributed by atoms with Gasteiger partial charge in [-0.1, -0.05) is 6.92 Å². The van der Waals surface area contributed by atoms with Crippen LogP contribution in [0.3, 0.4) is 0 Å². The number of amides is 1. The van der Waals surface area contributed by atoms with Crippen molar-refractivity contribution in [1.82, 2.24) is 15.2 Å². The quantitative estimate of drug-likeness (QED) is 0.865. The number of aromatic amines is 1. The molecule has 2 N–H and O–H groups in total. The monoisotopic (exact) mass is 291 g/mol. The third-order valence-electron chi connectivity index (χ3n) is 3.94. The zero-order chi connectivity index (χ0) is 15.2. The number of H-pyrrole nitrogens is 1. The van der Waals surface area contributed by atoms with Gasteiger partial charge in [0.25, 0.3) is 11.5 Å². The smallest absolute Gasteiger partial charge is 0.260 e. The highest BCUT2D eigenvalue weighted by molar-refractivity contribution is 5.93. The number of nitrogens with zero attached hydrogens (tertiary/aromatic N) is 1. The van der Waals surface area contributed by atoms with Gasteiger partial charge in [0.2, 0.25) is 0 Å². The number of aryl methyl sites for hydroxylation is 1. The maximum atomic E-state index is 12.6. The van der Waals surface area contributed by atoms with Crippen LogP contribution in [0, 0.1) is 12.8 Å². The van der Waals surface area contributed by atoms with Gasteiger partial charge in [-0.25, -0.2) is 0 Å². The van der Waals surface area contributed by atoms with Crippen molar-refractivity contribution >= 4 is 5.91 Å². The van der Waals surface area contributed by atoms with E-state index >= 15 is 0 Å². The summed E-state index contributed by atoms with van der Waals surface area (Å²) in [6, 6.07) is 3.42. The van der Waals surface area contributed by atoms with Gasteiger partial charge in [0, 0.05) is 18.8 Å². The van der Waals surface area contributed by atoms with Crippen molar-refractivity contribution in [3.63, 3.8) is 0 Å². The molecule has 0 saturated carbocycles. The summed E-state index contributed by atoms with van der Waals surface area (Å²) >= 11 is 0. The number of rotatable bonds is 5. The predicted octanol–water partition coefficient (Wildman–Crippen LogP) is 1.54. The summed E-state index contributed by atoms with van der Waals surface area (Å²) in [5.74, 6) is 0.336. The standard InChI is InChI=1S/C16H25N3O2/c1-3-9-19(11-13-5-4-8-17-10-13)16(21)14-7-6-12(2)18-15(14)20/h6-7,13,17H,3-5,8-11H2,1-2H3,(H,18,20). The van der Waals surface area contributed by atoms with Gasteiger partial charge in [-0.05, 0) is 57.3 Å². The molecule has 1 aliphatic rings. The minimum Gasteiger partial charge on any atom is -0.338 e. The van der Waals surface area contributed by atoms with Gasteiger partial charge in [0.15, 0.2) is 0 Å². The Labute approximate surface area is 125 Å². The summed E-state index contributed by atoms with van der Waals surface area (Å²) in [5, 5.41) is 3.37. The Morgan fingerprint density at radius 3 is 2.86 bits per heavy atom. The Morgan fingerprint density at radius 2 is 2.24 bits per heavy atom. The van der Waals surface area contributed by atoms with Gasteiger partial charge in [-0.15, -0.1) is 0 Å². The summed E-state index contributed by atoms with van der Waals surface area (Å²) < 4.78 is 0. The SMILES string of the molecule is CCCN(CC1CCCNC1)C(=O)c1ccc(C)[nH]c1=O. The second kappa shape index (κ2) is 7.41. The highest BCUT2D eigenvalue weighted by Crippen LogP contribution is 2.13. The lowest BCUT2D eigenvalue weighted by Gasteiger charge is -2.30. The Hall–Kier alpha value is -1.62. The van der Waals surface area contributed by atoms with Gasteiger partial charge in [-0.2, -0.15) is 0 Å². The Kier molecular flexibility index (Phi) is 5.56. The normalized spacial score (nSPS) is 18.5. The van der Waals surface area contributed by atoms with Crippen LogP contribution in [-0.4, -0.2) is 42.0 Å². The summed E-state index contributed by atoms with van der Waals surface area (Å²) in [6.45, 7) is 7.31. The highest BCUT2D eigenvalue weighted by atomic mass is 16.2. The molecular weight excluding hydrogens is 266 g/mol. The molecule has 5 nitrogen and oxygen atoms in total. The second-order valence-corrected chi connectivity index (χ2v) is 5.85. The summed E-state index contributed by atoms with van der Waals surface area (Å²) in [7, 11) is 0. The van der Waals surface area contributed by atoms with E-state index in [-0.39, 0.29) is 17.0 Å². The topological polar surface area (TPSA) is 65.2 Å². The molecule has 1 amide bonds. The van der Waals surface area contributed by atoms with Crippen LogP contribution in [0.4, 0.5) is 0 Å². The zero-order valence-corrected chi connectivity index (χ0v) is 12.9. The van der Waals surface area contributed by atoms with Gasteiger partial charge in [0.1, 0.15) is 5.56 Å². The van der Waals surface area contributed by atoms with Crippen LogP contribution in [0.1, 0.15) is 42.2 Å². The highest BCUT2D eigenvalue weighted by Gasteiger charge is 2.22. The average Bonchev–Trinajstić information content (AvgIpc) is 2.47. The Bertz CT molecular complexity index is 533. The number of carbonyl (C=O) groups is 1. The van der Waals surface area contributed by atoms with Crippen LogP contribution in [0.15, 0.2) is 16.9 Å². The number of aromatic nitrogens is 1. The molecule has 21 heavy (non-hydrogen) atoms. The van der Waals surface area contributed by atoms with E-state index in [0.29, 0.717) is 12.5 Å². The molecule has 1 aliphatic heterocycles. The number of hydrogen-bond acceptors (Lipinski definition) is 3. The van der Waals surface area contributed by atoms with Crippen molar-refractivity contribution in [2.45, 2.75) is 33.1 Å². The number of nitrogens with one attached hydrogen (secondary N) is 2. The molecule has 0 spiro atoms. The molecule has 0 radical (unpaired) electrons. The lowest BCUT2D eigenvalue weighted by Crippen LogP contribution is -2.42. The largest absolute Gasteiger partial charge is 0.338 e. The molecule has 2 heterocycles. The number of carbonyl (C=O) groups excluding carboxylic acids is 1. The lowest BCUT2D eigenvalue weighted by molar-refractivity contribution is 0.0717. The summed E-state index contributed by atoms with van der Waals surface area (Å²) in [6.07, 6.45) is 3.20. The molecule has 0 aliphatic carbocycles. The average molecular weight is 291 g/mol. The molecule has 0 bridgehead atoms. The van der Waals surface area contributed by atoms with E-state index in [0.717, 1.165) is 44.6 Å². The molecule has 1 aromatic rings. The van der Waals surface area contributed by atoms with Gasteiger partial charge < -0.3 is 15.2 Å². The van der Waals surface area contributed by atoms with Crippen molar-refractivity contribution < 1.29 is 4.79 Å². The number of pyridine rings is 1. The maximum Gasteiger partial charge on any atom is 0.260 e. The van der Waals surface area contributed by atoms with Crippen LogP contribution >= 0.6 is 0 Å². The van der Waals surface area contributed by atoms with Crippen LogP contribution in [-0.2, 0) is 0 Å². The zero-order valence-electron chi connectivity index (χ0n) is 12.9. The fourth-order valence-corrected chi connectivity index (χ4v) is 2.85. The summed E-state index contributed by atoms with van der Waals surface area (Å²) in [5.41, 5.74) is 0.732. The minimum absolute atomic E-state index is 0.149. The lowest BCUT2D eigenvalue weighted by atomic mass is 9.98. The molecule has 1 unspecified atom stereocenters. The van der Waals surface area contributed by atoms with E-state index in [4.69, 9.17) is 0 Å². The van der Waals surface area contributed by atoms with Crippen LogP contribution in [0.25, 0.3) is 0 Å². The molecule has 1 saturated heterocycles. The molecule has 1 aromatic heterocycles. The van der Waals surface area contributed by atoms with Crippen molar-refractivity contribution in [3.8, 4) is 0 Å². The second-order valence-electron chi connectivity index (χ2n) is 5.85. The minimum atomic E-state index is -0.289. The Balaban J connectivity index is 2.12. The third kappa shape index (κ3) is 4.17. The molecule has 5 heteroatoms. The van der Waals surface area contributed by atoms with E-state index in [1.165, 1.54) is 0 Å². The first-order valence-electron chi connectivity index (χ1n) is 7.81. The summed E-state index contributed by atoms with van der Waals surface area (Å²) in [4.78, 5) is 29.1. The van der Waals surface area contributed by atoms with Crippen LogP contribution in [0.2, 0.25) is 0 Å². The molecule has 0 aromatic carbocycles. The van der Waals surface area contributed by atoms with E-state index in [1.807, 2.05) is 11.8 Å². The van der Waals surface area contributed by atoms with Crippen molar-refractivity contribution in [1.29, 1.82) is 0 Å². The van der Waals surface area contributed by atoms with E-state index in [2.05, 4.69) is 17.2 Å². The fraction of sp³-hybridized carbons (Fsp3) is 0.625. The Morgan fingerprint density at radius 1 is 1.43 bits per heavy atom. The van der Waals surface area contributed by atoms with E-state index < -0.39 is 0 Å². The first-order valence-corrected chi connectivity index (χ1v) is 7.81. The first kappa shape index (κ1) is 15.8. The molecule has 1 fully saturated rings. The number of hydrogen-bond donors (Lipinski definition) is 2. The molecule has 1 atom stereocenters. The number of piperidine rings is 1. The van der Waals surface area contributed by atoms with Crippen molar-refractivity contribution in [2.75, 3.05) is 26.2 Å². The van der Waals surface area contributed by atoms with Crippen molar-refractivity contribution in [2.24, 2.45) is 5.92 Å². The predicted molar refractivity (Wildman–Crippen MR) is 83.6 cm³/mol. The van der Waals surface area contributed by atoms with Gasteiger partial charge >= 0.3 is 0 Å². The van der Waals surface area contributed by atoms with Crippen LogP contribution in [0.5, 0.6) is 0 Å². The first-order chi connectivity index (χ1) is 10.1. The molecule has 2 rings (SSSR count). The van der Waals surface area contributed by atoms with Gasteiger partial charge in [-0.3, -0.25) is 9.59 Å². The van der Waals surface area contributed by atoms with Crippen LogP contribution < -0.4 is 10.9 Å². The van der Waals surface area contributed by atoms with Crippen molar-refractivity contribution in [3.05, 3.63) is 33.7 Å². The van der Waals surface area contributed by atoms with E-state index in [9.17, 15) is 9.59 Å². The molecule has 116 valence electrons. The maximum absolute atomic E-state index is 12.6. The third-order valence-corrected chi connectivity index (χ3v) is 3.94.